The van der Waals surface area contributed by atoms with Crippen molar-refractivity contribution in [2.24, 2.45) is 5.92 Å². The van der Waals surface area contributed by atoms with E-state index >= 15 is 0 Å². The van der Waals surface area contributed by atoms with Crippen molar-refractivity contribution in [1.82, 2.24) is 19.8 Å². The van der Waals surface area contributed by atoms with Gasteiger partial charge in [0.25, 0.3) is 5.91 Å². The van der Waals surface area contributed by atoms with Crippen molar-refractivity contribution in [3.05, 3.63) is 77.1 Å². The maximum absolute atomic E-state index is 14.7. The highest BCUT2D eigenvalue weighted by Gasteiger charge is 2.63. The summed E-state index contributed by atoms with van der Waals surface area (Å²) in [5, 5.41) is 6.33. The van der Waals surface area contributed by atoms with Crippen LogP contribution in [-0.4, -0.2) is 77.1 Å². The Morgan fingerprint density at radius 1 is 1.04 bits per heavy atom. The third kappa shape index (κ3) is 7.97. The van der Waals surface area contributed by atoms with Gasteiger partial charge in [-0.05, 0) is 80.2 Å². The number of allylic oxidation sites excluding steroid dienone is 1. The van der Waals surface area contributed by atoms with Gasteiger partial charge in [0.05, 0.1) is 17.8 Å². The van der Waals surface area contributed by atoms with E-state index < -0.39 is 68.1 Å². The van der Waals surface area contributed by atoms with E-state index in [1.807, 2.05) is 36.4 Å². The second-order valence-electron chi connectivity index (χ2n) is 17.2. The van der Waals surface area contributed by atoms with Gasteiger partial charge in [-0.3, -0.25) is 24.0 Å². The summed E-state index contributed by atoms with van der Waals surface area (Å²) < 4.78 is 48.0. The summed E-state index contributed by atoms with van der Waals surface area (Å²) in [4.78, 5) is 59.3. The van der Waals surface area contributed by atoms with Gasteiger partial charge in [0.15, 0.2) is 0 Å². The topological polar surface area (TPSA) is 154 Å². The lowest BCUT2D eigenvalue weighted by Gasteiger charge is -2.30. The number of benzene rings is 2. The fraction of sp³-hybridized carbons (Fsp3) is 0.561. The summed E-state index contributed by atoms with van der Waals surface area (Å²) in [6.07, 6.45) is 6.95. The Bertz CT molecular complexity index is 2010. The van der Waals surface area contributed by atoms with Gasteiger partial charge in [0, 0.05) is 30.1 Å². The zero-order valence-corrected chi connectivity index (χ0v) is 32.8. The third-order valence-corrected chi connectivity index (χ3v) is 14.2. The summed E-state index contributed by atoms with van der Waals surface area (Å²) >= 11 is 0. The molecule has 12 nitrogen and oxygen atoms in total. The van der Waals surface area contributed by atoms with Crippen molar-refractivity contribution >= 4 is 39.5 Å². The van der Waals surface area contributed by atoms with Crippen molar-refractivity contribution in [3.8, 4) is 0 Å². The molecule has 0 radical (unpaired) electrons. The number of hydrogen-bond donors (Lipinski definition) is 3. The second kappa shape index (κ2) is 14.6. The molecule has 7 rings (SSSR count). The third-order valence-electron chi connectivity index (χ3n) is 12.0. The SMILES string of the molecule is CC(C)(C)c1cccc(N[C@H]2CCCCC/C=C\C3C[C@@]3(C(=O)NS(=O)(=O)C3(C)CC3)NC(=O)[C@@H]3C[C@@H](OC(=O)N4Cc5cccc(F)c5C4)CN3C2=O)c1. The number of ether oxygens (including phenoxy) is 1. The monoisotopic (exact) mass is 777 g/mol. The van der Waals surface area contributed by atoms with Crippen molar-refractivity contribution in [2.45, 2.75) is 132 Å². The summed E-state index contributed by atoms with van der Waals surface area (Å²) in [6.45, 7) is 8.05. The minimum Gasteiger partial charge on any atom is -0.444 e. The van der Waals surface area contributed by atoms with Crippen LogP contribution in [-0.2, 0) is 47.6 Å². The Hall–Kier alpha value is -4.46. The normalized spacial score (nSPS) is 28.4. The van der Waals surface area contributed by atoms with Gasteiger partial charge in [0.2, 0.25) is 21.8 Å². The molecule has 2 saturated carbocycles. The largest absolute Gasteiger partial charge is 0.444 e. The highest BCUT2D eigenvalue weighted by Crippen LogP contribution is 2.47. The average Bonchev–Trinajstić information content (AvgIpc) is 3.92. The van der Waals surface area contributed by atoms with Crippen LogP contribution >= 0.6 is 0 Å². The lowest BCUT2D eigenvalue weighted by atomic mass is 9.87. The predicted molar refractivity (Wildman–Crippen MR) is 204 cm³/mol. The van der Waals surface area contributed by atoms with Gasteiger partial charge < -0.3 is 20.3 Å². The van der Waals surface area contributed by atoms with Crippen molar-refractivity contribution in [2.75, 3.05) is 11.9 Å². The lowest BCUT2D eigenvalue weighted by Crippen LogP contribution is -2.58. The highest BCUT2D eigenvalue weighted by atomic mass is 32.2. The molecule has 1 saturated heterocycles. The van der Waals surface area contributed by atoms with E-state index in [4.69, 9.17) is 4.74 Å². The number of carbonyl (C=O) groups excluding carboxylic acids is 4. The molecule has 4 amide bonds. The lowest BCUT2D eigenvalue weighted by molar-refractivity contribution is -0.140. The van der Waals surface area contributed by atoms with E-state index in [-0.39, 0.29) is 43.8 Å². The van der Waals surface area contributed by atoms with E-state index in [1.54, 1.807) is 19.1 Å². The van der Waals surface area contributed by atoms with Crippen LogP contribution in [0.4, 0.5) is 14.9 Å². The maximum Gasteiger partial charge on any atom is 0.410 e. The molecule has 0 spiro atoms. The Morgan fingerprint density at radius 3 is 2.53 bits per heavy atom. The molecule has 55 heavy (non-hydrogen) atoms. The fourth-order valence-corrected chi connectivity index (χ4v) is 9.26. The Balaban J connectivity index is 1.16. The van der Waals surface area contributed by atoms with Gasteiger partial charge in [0.1, 0.15) is 29.5 Å². The van der Waals surface area contributed by atoms with Crippen LogP contribution in [0.5, 0.6) is 0 Å². The van der Waals surface area contributed by atoms with Crippen molar-refractivity contribution in [1.29, 1.82) is 0 Å². The zero-order valence-electron chi connectivity index (χ0n) is 32.0. The van der Waals surface area contributed by atoms with E-state index in [0.29, 0.717) is 30.4 Å². The summed E-state index contributed by atoms with van der Waals surface area (Å²) in [5.74, 6) is -2.63. The van der Waals surface area contributed by atoms with Crippen LogP contribution in [0.25, 0.3) is 0 Å². The average molecular weight is 778 g/mol. The molecule has 1 unspecified atom stereocenters. The van der Waals surface area contributed by atoms with Gasteiger partial charge in [-0.15, -0.1) is 0 Å². The molecule has 3 aliphatic heterocycles. The molecule has 0 bridgehead atoms. The molecular formula is C41H52FN5O7S. The second-order valence-corrected chi connectivity index (χ2v) is 19.4. The number of anilines is 1. The number of fused-ring (bicyclic) bond motifs is 3. The molecule has 3 heterocycles. The molecule has 296 valence electrons. The van der Waals surface area contributed by atoms with Crippen LogP contribution in [0.1, 0.15) is 102 Å². The molecule has 5 atom stereocenters. The van der Waals surface area contributed by atoms with Gasteiger partial charge in [-0.25, -0.2) is 17.6 Å². The molecule has 3 N–H and O–H groups in total. The predicted octanol–water partition coefficient (Wildman–Crippen LogP) is 5.42. The first kappa shape index (κ1) is 38.8. The molecule has 2 aliphatic carbocycles. The van der Waals surface area contributed by atoms with Gasteiger partial charge in [-0.2, -0.15) is 0 Å². The number of halogens is 1. The molecule has 2 aromatic carbocycles. The quantitative estimate of drug-likeness (QED) is 0.329. The van der Waals surface area contributed by atoms with Crippen LogP contribution in [0, 0.1) is 11.7 Å². The van der Waals surface area contributed by atoms with Crippen LogP contribution < -0.4 is 15.4 Å². The van der Waals surface area contributed by atoms with E-state index in [9.17, 15) is 32.0 Å². The zero-order chi connectivity index (χ0) is 39.3. The fourth-order valence-electron chi connectivity index (χ4n) is 7.95. The molecule has 3 fully saturated rings. The molecule has 5 aliphatic rings. The standard InChI is InChI=1S/C41H52FN5O7S/c1-39(2,3)27-14-11-15-29(20-27)43-33-17-9-7-5-6-8-13-28-22-41(28,37(50)45-55(52,53)40(4)18-19-40)44-35(48)34-21-30(24-47(34)36(33)49)54-38(51)46-23-26-12-10-16-32(42)31(26)25-46/h8,10-16,20,28,30,33-34,43H,5-7,9,17-19,21-25H2,1-4H3,(H,44,48)(H,45,50)/b13-8-/t28?,30-,33+,34+,41-/m1/s1. The van der Waals surface area contributed by atoms with Crippen molar-refractivity contribution < 1.29 is 36.7 Å². The summed E-state index contributed by atoms with van der Waals surface area (Å²) in [5.41, 5.74) is 1.30. The number of carbonyl (C=O) groups is 4. The van der Waals surface area contributed by atoms with Gasteiger partial charge in [-0.1, -0.05) is 70.0 Å². The van der Waals surface area contributed by atoms with E-state index in [1.165, 1.54) is 15.9 Å². The molecule has 2 aromatic rings. The Labute approximate surface area is 322 Å². The highest BCUT2D eigenvalue weighted by molar-refractivity contribution is 7.91. The number of amides is 4. The number of nitrogens with zero attached hydrogens (tertiary/aromatic N) is 2. The first-order valence-corrected chi connectivity index (χ1v) is 20.9. The van der Waals surface area contributed by atoms with Gasteiger partial charge >= 0.3 is 6.09 Å². The summed E-state index contributed by atoms with van der Waals surface area (Å²) in [7, 11) is -3.99. The number of rotatable bonds is 6. The first-order valence-electron chi connectivity index (χ1n) is 19.4. The Morgan fingerprint density at radius 2 is 1.80 bits per heavy atom. The molecule has 14 heteroatoms. The smallest absolute Gasteiger partial charge is 0.410 e. The summed E-state index contributed by atoms with van der Waals surface area (Å²) in [6, 6.07) is 10.8. The number of sulfonamides is 1. The maximum atomic E-state index is 14.7. The minimum absolute atomic E-state index is 0.0359. The van der Waals surface area contributed by atoms with E-state index in [0.717, 1.165) is 36.9 Å². The Kier molecular flexibility index (Phi) is 10.3. The first-order chi connectivity index (χ1) is 26.0. The molecular weight excluding hydrogens is 726 g/mol. The number of nitrogens with one attached hydrogen (secondary N) is 3. The van der Waals surface area contributed by atoms with Crippen LogP contribution in [0.2, 0.25) is 0 Å². The van der Waals surface area contributed by atoms with Crippen molar-refractivity contribution in [3.63, 3.8) is 0 Å². The van der Waals surface area contributed by atoms with Crippen LogP contribution in [0.3, 0.4) is 0 Å². The minimum atomic E-state index is -3.99. The van der Waals surface area contributed by atoms with Crippen LogP contribution in [0.15, 0.2) is 54.6 Å². The van der Waals surface area contributed by atoms with E-state index in [2.05, 4.69) is 36.1 Å². The molecule has 0 aromatic heterocycles. The number of hydrogen-bond acceptors (Lipinski definition) is 8.